The number of anilines is 1. The zero-order valence-electron chi connectivity index (χ0n) is 11.7. The molecule has 0 amide bonds. The molecule has 1 aromatic heterocycles. The summed E-state index contributed by atoms with van der Waals surface area (Å²) in [4.78, 5) is 0. The van der Waals surface area contributed by atoms with E-state index in [2.05, 4.69) is 10.3 Å². The first-order valence-corrected chi connectivity index (χ1v) is 6.38. The van der Waals surface area contributed by atoms with Gasteiger partial charge in [-0.25, -0.2) is 4.68 Å². The Balaban J connectivity index is 2.02. The second-order valence-corrected chi connectivity index (χ2v) is 4.95. The number of hydrogen-bond donors (Lipinski definition) is 1. The van der Waals surface area contributed by atoms with Crippen LogP contribution in [0.5, 0.6) is 11.5 Å². The van der Waals surface area contributed by atoms with Crippen LogP contribution < -0.4 is 10.5 Å². The molecule has 1 heterocycles. The molecule has 0 spiro atoms. The van der Waals surface area contributed by atoms with Crippen LogP contribution in [0, 0.1) is 13.8 Å². The monoisotopic (exact) mass is 268 g/mol. The first-order chi connectivity index (χ1) is 9.54. The molecule has 0 aliphatic heterocycles. The smallest absolute Gasteiger partial charge is 0.130 e. The van der Waals surface area contributed by atoms with E-state index < -0.39 is 0 Å². The zero-order valence-corrected chi connectivity index (χ0v) is 11.7. The largest absolute Gasteiger partial charge is 0.457 e. The summed E-state index contributed by atoms with van der Waals surface area (Å²) in [5.74, 6) is 1.55. The average Bonchev–Trinajstić information content (AvgIpc) is 2.75. The normalized spacial score (nSPS) is 10.9. The molecule has 0 saturated heterocycles. The maximum atomic E-state index is 5.93. The van der Waals surface area contributed by atoms with Crippen molar-refractivity contribution >= 4 is 16.7 Å². The number of hydrogen-bond acceptors (Lipinski definition) is 4. The third-order valence-electron chi connectivity index (χ3n) is 3.29. The highest BCUT2D eigenvalue weighted by molar-refractivity contribution is 5.79. The predicted molar refractivity (Wildman–Crippen MR) is 78.9 cm³/mol. The van der Waals surface area contributed by atoms with Crippen molar-refractivity contribution in [3.8, 4) is 11.5 Å². The van der Waals surface area contributed by atoms with Gasteiger partial charge in [-0.3, -0.25) is 0 Å². The SMILES string of the molecule is Cc1cc(N)ccc1Oc1cc(C)c2c(c1)nnn2C. The van der Waals surface area contributed by atoms with Gasteiger partial charge in [-0.15, -0.1) is 5.10 Å². The molecule has 102 valence electrons. The minimum absolute atomic E-state index is 0.732. The molecule has 3 rings (SSSR count). The van der Waals surface area contributed by atoms with Gasteiger partial charge in [0.1, 0.15) is 17.0 Å². The van der Waals surface area contributed by atoms with Gasteiger partial charge in [0.15, 0.2) is 0 Å². The maximum absolute atomic E-state index is 5.93. The van der Waals surface area contributed by atoms with Crippen molar-refractivity contribution in [1.29, 1.82) is 0 Å². The Kier molecular flexibility index (Phi) is 2.82. The number of rotatable bonds is 2. The lowest BCUT2D eigenvalue weighted by Gasteiger charge is -2.10. The first kappa shape index (κ1) is 12.5. The van der Waals surface area contributed by atoms with E-state index >= 15 is 0 Å². The summed E-state index contributed by atoms with van der Waals surface area (Å²) in [6, 6.07) is 9.48. The van der Waals surface area contributed by atoms with Crippen LogP contribution in [-0.2, 0) is 7.05 Å². The number of nitrogen functional groups attached to an aromatic ring is 1. The number of aromatic nitrogens is 3. The minimum atomic E-state index is 0.732. The lowest BCUT2D eigenvalue weighted by molar-refractivity contribution is 0.479. The summed E-state index contributed by atoms with van der Waals surface area (Å²) in [5, 5.41) is 8.16. The highest BCUT2D eigenvalue weighted by Crippen LogP contribution is 2.29. The molecule has 0 atom stereocenters. The molecule has 2 aromatic carbocycles. The zero-order chi connectivity index (χ0) is 14.3. The molecule has 0 saturated carbocycles. The van der Waals surface area contributed by atoms with Crippen molar-refractivity contribution in [1.82, 2.24) is 15.0 Å². The number of ether oxygens (including phenoxy) is 1. The van der Waals surface area contributed by atoms with Gasteiger partial charge >= 0.3 is 0 Å². The third-order valence-corrected chi connectivity index (χ3v) is 3.29. The van der Waals surface area contributed by atoms with Crippen LogP contribution in [0.1, 0.15) is 11.1 Å². The van der Waals surface area contributed by atoms with Crippen LogP contribution in [0.2, 0.25) is 0 Å². The highest BCUT2D eigenvalue weighted by atomic mass is 16.5. The second kappa shape index (κ2) is 4.52. The topological polar surface area (TPSA) is 66.0 Å². The van der Waals surface area contributed by atoms with Gasteiger partial charge in [0.2, 0.25) is 0 Å². The van der Waals surface area contributed by atoms with Crippen molar-refractivity contribution in [2.24, 2.45) is 7.05 Å². The fraction of sp³-hybridized carbons (Fsp3) is 0.200. The lowest BCUT2D eigenvalue weighted by atomic mass is 10.2. The van der Waals surface area contributed by atoms with E-state index in [1.165, 1.54) is 0 Å². The molecule has 0 radical (unpaired) electrons. The third kappa shape index (κ3) is 2.07. The molecule has 2 N–H and O–H groups in total. The van der Waals surface area contributed by atoms with Crippen LogP contribution in [0.25, 0.3) is 11.0 Å². The molecule has 3 aromatic rings. The summed E-state index contributed by atoms with van der Waals surface area (Å²) >= 11 is 0. The highest BCUT2D eigenvalue weighted by Gasteiger charge is 2.09. The van der Waals surface area contributed by atoms with Gasteiger partial charge in [0, 0.05) is 18.8 Å². The number of fused-ring (bicyclic) bond motifs is 1. The Bertz CT molecular complexity index is 792. The van der Waals surface area contributed by atoms with Crippen molar-refractivity contribution < 1.29 is 4.74 Å². The molecular weight excluding hydrogens is 252 g/mol. The maximum Gasteiger partial charge on any atom is 0.130 e. The van der Waals surface area contributed by atoms with E-state index in [-0.39, 0.29) is 0 Å². The fourth-order valence-corrected chi connectivity index (χ4v) is 2.36. The summed E-state index contributed by atoms with van der Waals surface area (Å²) in [7, 11) is 1.88. The standard InChI is InChI=1S/C15H16N4O/c1-9-6-11(16)4-5-14(9)20-12-7-10(2)15-13(8-12)17-18-19(15)3/h4-8H,16H2,1-3H3. The number of nitrogens with two attached hydrogens (primary N) is 1. The Morgan fingerprint density at radius 3 is 2.65 bits per heavy atom. The van der Waals surface area contributed by atoms with E-state index in [0.717, 1.165) is 39.3 Å². The van der Waals surface area contributed by atoms with E-state index in [1.54, 1.807) is 4.68 Å². The van der Waals surface area contributed by atoms with Crippen LogP contribution in [0.15, 0.2) is 30.3 Å². The molecule has 0 aliphatic carbocycles. The van der Waals surface area contributed by atoms with E-state index in [4.69, 9.17) is 10.5 Å². The Morgan fingerprint density at radius 2 is 1.90 bits per heavy atom. The van der Waals surface area contributed by atoms with Crippen LogP contribution in [-0.4, -0.2) is 15.0 Å². The lowest BCUT2D eigenvalue weighted by Crippen LogP contribution is -1.93. The summed E-state index contributed by atoms with van der Waals surface area (Å²) in [5.41, 5.74) is 10.4. The predicted octanol–water partition coefficient (Wildman–Crippen LogP) is 2.96. The first-order valence-electron chi connectivity index (χ1n) is 6.38. The van der Waals surface area contributed by atoms with Crippen molar-refractivity contribution in [2.45, 2.75) is 13.8 Å². The molecule has 5 nitrogen and oxygen atoms in total. The number of benzene rings is 2. The van der Waals surface area contributed by atoms with Crippen molar-refractivity contribution in [2.75, 3.05) is 5.73 Å². The number of aryl methyl sites for hydroxylation is 3. The Morgan fingerprint density at radius 1 is 1.10 bits per heavy atom. The molecule has 0 fully saturated rings. The molecule has 20 heavy (non-hydrogen) atoms. The van der Waals surface area contributed by atoms with Gasteiger partial charge in [-0.1, -0.05) is 5.21 Å². The van der Waals surface area contributed by atoms with Crippen LogP contribution in [0.4, 0.5) is 5.69 Å². The Hall–Kier alpha value is -2.56. The van der Waals surface area contributed by atoms with E-state index in [9.17, 15) is 0 Å². The molecular formula is C15H16N4O. The van der Waals surface area contributed by atoms with Gasteiger partial charge in [0.05, 0.1) is 5.52 Å². The second-order valence-electron chi connectivity index (χ2n) is 4.95. The molecule has 0 unspecified atom stereocenters. The molecule has 0 bridgehead atoms. The van der Waals surface area contributed by atoms with Crippen LogP contribution in [0.3, 0.4) is 0 Å². The van der Waals surface area contributed by atoms with Gasteiger partial charge < -0.3 is 10.5 Å². The van der Waals surface area contributed by atoms with E-state index in [1.807, 2.05) is 51.2 Å². The molecule has 0 aliphatic rings. The van der Waals surface area contributed by atoms with Crippen molar-refractivity contribution in [3.63, 3.8) is 0 Å². The summed E-state index contributed by atoms with van der Waals surface area (Å²) in [6.07, 6.45) is 0. The Labute approximate surface area is 117 Å². The van der Waals surface area contributed by atoms with Gasteiger partial charge in [-0.2, -0.15) is 0 Å². The van der Waals surface area contributed by atoms with E-state index in [0.29, 0.717) is 0 Å². The summed E-state index contributed by atoms with van der Waals surface area (Å²) < 4.78 is 7.70. The van der Waals surface area contributed by atoms with Crippen molar-refractivity contribution in [3.05, 3.63) is 41.5 Å². The molecule has 5 heteroatoms. The van der Waals surface area contributed by atoms with Crippen LogP contribution >= 0.6 is 0 Å². The summed E-state index contributed by atoms with van der Waals surface area (Å²) in [6.45, 7) is 3.99. The number of nitrogens with zero attached hydrogens (tertiary/aromatic N) is 3. The quantitative estimate of drug-likeness (QED) is 0.726. The minimum Gasteiger partial charge on any atom is -0.457 e. The van der Waals surface area contributed by atoms with Gasteiger partial charge in [-0.05, 0) is 49.2 Å². The fourth-order valence-electron chi connectivity index (χ4n) is 2.36. The van der Waals surface area contributed by atoms with Gasteiger partial charge in [0.25, 0.3) is 0 Å². The average molecular weight is 268 g/mol.